The molecule has 2 aromatic carbocycles. The van der Waals surface area contributed by atoms with E-state index < -0.39 is 0 Å². The predicted molar refractivity (Wildman–Crippen MR) is 108 cm³/mol. The van der Waals surface area contributed by atoms with Crippen molar-refractivity contribution in [2.24, 2.45) is 0 Å². The van der Waals surface area contributed by atoms with E-state index in [4.69, 9.17) is 4.74 Å². The Hall–Kier alpha value is -3.41. The summed E-state index contributed by atoms with van der Waals surface area (Å²) < 4.78 is 6.03. The number of hydrogen-bond acceptors (Lipinski definition) is 4. The average molecular weight is 387 g/mol. The van der Waals surface area contributed by atoms with Gasteiger partial charge in [-0.15, -0.1) is 0 Å². The lowest BCUT2D eigenvalue weighted by Gasteiger charge is -2.32. The van der Waals surface area contributed by atoms with Crippen molar-refractivity contribution in [1.29, 1.82) is 0 Å². The van der Waals surface area contributed by atoms with E-state index in [2.05, 4.69) is 9.97 Å². The fraction of sp³-hybridized carbons (Fsp3) is 0.261. The van der Waals surface area contributed by atoms with Crippen LogP contribution in [0.4, 0.5) is 0 Å². The minimum atomic E-state index is -0.0908. The maximum atomic E-state index is 13.2. The van der Waals surface area contributed by atoms with Crippen molar-refractivity contribution in [3.05, 3.63) is 87.1 Å². The molecule has 0 fully saturated rings. The first-order chi connectivity index (χ1) is 14.1. The number of carbonyl (C=O) groups is 1. The molecule has 0 radical (unpaired) electrons. The Kier molecular flexibility index (Phi) is 4.19. The van der Waals surface area contributed by atoms with E-state index in [1.165, 1.54) is 0 Å². The second-order valence-electron chi connectivity index (χ2n) is 7.58. The largest absolute Gasteiger partial charge is 0.457 e. The van der Waals surface area contributed by atoms with Gasteiger partial charge in [0, 0.05) is 35.6 Å². The van der Waals surface area contributed by atoms with Gasteiger partial charge in [0.05, 0.1) is 12.2 Å². The molecular weight excluding hydrogens is 366 g/mol. The number of ether oxygens (including phenoxy) is 1. The minimum Gasteiger partial charge on any atom is -0.457 e. The van der Waals surface area contributed by atoms with Gasteiger partial charge in [0.15, 0.2) is 0 Å². The van der Waals surface area contributed by atoms with Crippen LogP contribution in [0.1, 0.15) is 40.5 Å². The third-order valence-electron chi connectivity index (χ3n) is 5.73. The fourth-order valence-electron chi connectivity index (χ4n) is 4.31. The zero-order valence-corrected chi connectivity index (χ0v) is 16.1. The van der Waals surface area contributed by atoms with Crippen LogP contribution in [0.2, 0.25) is 0 Å². The van der Waals surface area contributed by atoms with Gasteiger partial charge in [-0.2, -0.15) is 0 Å². The number of H-pyrrole nitrogens is 1. The predicted octanol–water partition coefficient (Wildman–Crippen LogP) is 3.29. The van der Waals surface area contributed by atoms with E-state index in [9.17, 15) is 9.59 Å². The molecule has 1 aromatic heterocycles. The van der Waals surface area contributed by atoms with Crippen LogP contribution in [0.3, 0.4) is 0 Å². The highest BCUT2D eigenvalue weighted by atomic mass is 16.5. The van der Waals surface area contributed by atoms with Gasteiger partial charge >= 0.3 is 0 Å². The molecule has 2 aliphatic rings. The van der Waals surface area contributed by atoms with Crippen LogP contribution < -0.4 is 10.3 Å². The van der Waals surface area contributed by atoms with E-state index in [0.29, 0.717) is 43.0 Å². The lowest BCUT2D eigenvalue weighted by molar-refractivity contribution is -0.132. The van der Waals surface area contributed by atoms with Gasteiger partial charge in [0.1, 0.15) is 17.3 Å². The van der Waals surface area contributed by atoms with Crippen LogP contribution in [0, 0.1) is 6.92 Å². The second kappa shape index (κ2) is 6.88. The van der Waals surface area contributed by atoms with Crippen molar-refractivity contribution >= 4 is 5.91 Å². The quantitative estimate of drug-likeness (QED) is 0.732. The molecular formula is C23H21N3O3. The summed E-state index contributed by atoms with van der Waals surface area (Å²) in [4.78, 5) is 34.4. The summed E-state index contributed by atoms with van der Waals surface area (Å²) in [6.07, 6.45) is 0.888. The summed E-state index contributed by atoms with van der Waals surface area (Å²) in [5.41, 5.74) is 3.37. The molecule has 0 atom stereocenters. The number of amides is 1. The highest BCUT2D eigenvalue weighted by Gasteiger charge is 2.31. The number of aromatic nitrogens is 2. The zero-order chi connectivity index (χ0) is 20.0. The van der Waals surface area contributed by atoms with Crippen molar-refractivity contribution in [2.75, 3.05) is 6.54 Å². The van der Waals surface area contributed by atoms with Crippen molar-refractivity contribution in [1.82, 2.24) is 14.9 Å². The van der Waals surface area contributed by atoms with Gasteiger partial charge in [-0.3, -0.25) is 9.59 Å². The normalized spacial score (nSPS) is 15.1. The van der Waals surface area contributed by atoms with Crippen LogP contribution in [0.25, 0.3) is 0 Å². The van der Waals surface area contributed by atoms with Gasteiger partial charge < -0.3 is 14.6 Å². The molecule has 6 heteroatoms. The Bertz CT molecular complexity index is 1120. The molecule has 0 bridgehead atoms. The number of rotatable bonds is 2. The standard InChI is InChI=1S/C23H21N3O3/c1-14-24-19-13-26(11-10-17(19)23(28)25-14)22(27)12-18-15-6-2-4-8-20(15)29-21-9-5-3-7-16(18)21/h2-9,18H,10-13H2,1H3,(H,24,25,28). The molecule has 3 heterocycles. The summed E-state index contributed by atoms with van der Waals surface area (Å²) >= 11 is 0. The van der Waals surface area contributed by atoms with E-state index in [1.807, 2.05) is 53.4 Å². The monoisotopic (exact) mass is 387 g/mol. The molecule has 5 rings (SSSR count). The van der Waals surface area contributed by atoms with Gasteiger partial charge in [0.25, 0.3) is 5.56 Å². The molecule has 1 N–H and O–H groups in total. The highest BCUT2D eigenvalue weighted by molar-refractivity contribution is 5.79. The third kappa shape index (κ3) is 3.10. The maximum absolute atomic E-state index is 13.2. The lowest BCUT2D eigenvalue weighted by atomic mass is 9.85. The molecule has 0 saturated carbocycles. The number of carbonyl (C=O) groups excluding carboxylic acids is 1. The summed E-state index contributed by atoms with van der Waals surface area (Å²) in [5, 5.41) is 0. The Morgan fingerprint density at radius 3 is 2.48 bits per heavy atom. The average Bonchev–Trinajstić information content (AvgIpc) is 2.73. The first kappa shape index (κ1) is 17.7. The second-order valence-corrected chi connectivity index (χ2v) is 7.58. The first-order valence-corrected chi connectivity index (χ1v) is 9.82. The van der Waals surface area contributed by atoms with Gasteiger partial charge in [0.2, 0.25) is 5.91 Å². The molecule has 2 aliphatic heterocycles. The van der Waals surface area contributed by atoms with Crippen LogP contribution in [-0.2, 0) is 17.8 Å². The fourth-order valence-corrected chi connectivity index (χ4v) is 4.31. The van der Waals surface area contributed by atoms with E-state index in [1.54, 1.807) is 6.92 Å². The molecule has 29 heavy (non-hydrogen) atoms. The van der Waals surface area contributed by atoms with Gasteiger partial charge in [-0.1, -0.05) is 36.4 Å². The number of hydrogen-bond donors (Lipinski definition) is 1. The number of aromatic amines is 1. The lowest BCUT2D eigenvalue weighted by Crippen LogP contribution is -2.40. The first-order valence-electron chi connectivity index (χ1n) is 9.82. The smallest absolute Gasteiger partial charge is 0.254 e. The number of fused-ring (bicyclic) bond motifs is 3. The van der Waals surface area contributed by atoms with Crippen LogP contribution in [0.15, 0.2) is 53.3 Å². The molecule has 3 aromatic rings. The molecule has 0 unspecified atom stereocenters. The Morgan fingerprint density at radius 2 is 1.79 bits per heavy atom. The highest BCUT2D eigenvalue weighted by Crippen LogP contribution is 2.45. The molecule has 0 saturated heterocycles. The van der Waals surface area contributed by atoms with Crippen molar-refractivity contribution < 1.29 is 9.53 Å². The van der Waals surface area contributed by atoms with E-state index in [-0.39, 0.29) is 17.4 Å². The molecule has 0 aliphatic carbocycles. The van der Waals surface area contributed by atoms with Gasteiger partial charge in [-0.25, -0.2) is 4.98 Å². The van der Waals surface area contributed by atoms with E-state index in [0.717, 1.165) is 22.6 Å². The Labute approximate surface area is 168 Å². The van der Waals surface area contributed by atoms with Crippen molar-refractivity contribution in [3.63, 3.8) is 0 Å². The van der Waals surface area contributed by atoms with Crippen molar-refractivity contribution in [3.8, 4) is 11.5 Å². The summed E-state index contributed by atoms with van der Waals surface area (Å²) in [7, 11) is 0. The maximum Gasteiger partial charge on any atom is 0.254 e. The number of benzene rings is 2. The SMILES string of the molecule is Cc1nc2c(c(=O)[nH]1)CCN(C(=O)CC1c3ccccc3Oc3ccccc31)C2. The van der Waals surface area contributed by atoms with Crippen molar-refractivity contribution in [2.45, 2.75) is 32.2 Å². The molecule has 6 nitrogen and oxygen atoms in total. The Morgan fingerprint density at radius 1 is 1.14 bits per heavy atom. The van der Waals surface area contributed by atoms with Crippen LogP contribution in [-0.4, -0.2) is 27.3 Å². The third-order valence-corrected chi connectivity index (χ3v) is 5.73. The van der Waals surface area contributed by atoms with Crippen LogP contribution >= 0.6 is 0 Å². The summed E-state index contributed by atoms with van der Waals surface area (Å²) in [6, 6.07) is 15.8. The molecule has 1 amide bonds. The molecule has 0 spiro atoms. The van der Waals surface area contributed by atoms with Gasteiger partial charge in [-0.05, 0) is 25.5 Å². The summed E-state index contributed by atoms with van der Waals surface area (Å²) in [6.45, 7) is 2.68. The number of nitrogens with zero attached hydrogens (tertiary/aromatic N) is 2. The summed E-state index contributed by atoms with van der Waals surface area (Å²) in [5.74, 6) is 2.19. The minimum absolute atomic E-state index is 0.0566. The number of aryl methyl sites for hydroxylation is 1. The van der Waals surface area contributed by atoms with E-state index >= 15 is 0 Å². The molecule has 146 valence electrons. The Balaban J connectivity index is 1.44. The topological polar surface area (TPSA) is 75.3 Å². The number of nitrogens with one attached hydrogen (secondary N) is 1. The number of para-hydroxylation sites is 2. The zero-order valence-electron chi connectivity index (χ0n) is 16.1. The van der Waals surface area contributed by atoms with Crippen LogP contribution in [0.5, 0.6) is 11.5 Å².